The highest BCUT2D eigenvalue weighted by Crippen LogP contribution is 2.24. The maximum Gasteiger partial charge on any atom is 0.272 e. The summed E-state index contributed by atoms with van der Waals surface area (Å²) in [7, 11) is 1.87. The summed E-state index contributed by atoms with van der Waals surface area (Å²) in [6.07, 6.45) is 8.00. The number of nitrogens with one attached hydrogen (secondary N) is 1. The van der Waals surface area contributed by atoms with Crippen LogP contribution in [0.5, 0.6) is 0 Å². The first-order chi connectivity index (χ1) is 13.5. The zero-order valence-corrected chi connectivity index (χ0v) is 16.6. The van der Waals surface area contributed by atoms with Crippen molar-refractivity contribution in [2.24, 2.45) is 7.05 Å². The SMILES string of the molecule is Cc1ccc(NC(=O)c2cc(-c3cnc(N4CCCC4)nc3)cn2C)c(C)c1. The van der Waals surface area contributed by atoms with E-state index in [2.05, 4.69) is 26.3 Å². The molecule has 1 N–H and O–H groups in total. The highest BCUT2D eigenvalue weighted by atomic mass is 16.1. The van der Waals surface area contributed by atoms with Gasteiger partial charge in [0.1, 0.15) is 5.69 Å². The number of hydrogen-bond acceptors (Lipinski definition) is 4. The molecule has 0 atom stereocenters. The summed E-state index contributed by atoms with van der Waals surface area (Å²) in [5.74, 6) is 0.653. The Morgan fingerprint density at radius 3 is 2.43 bits per heavy atom. The van der Waals surface area contributed by atoms with E-state index in [9.17, 15) is 4.79 Å². The molecule has 1 fully saturated rings. The number of carbonyl (C=O) groups is 1. The van der Waals surface area contributed by atoms with Crippen LogP contribution in [0.2, 0.25) is 0 Å². The Labute approximate surface area is 165 Å². The molecule has 28 heavy (non-hydrogen) atoms. The molecule has 0 spiro atoms. The fraction of sp³-hybridized carbons (Fsp3) is 0.318. The van der Waals surface area contributed by atoms with Crippen LogP contribution in [0.15, 0.2) is 42.9 Å². The molecule has 0 unspecified atom stereocenters. The van der Waals surface area contributed by atoms with E-state index >= 15 is 0 Å². The quantitative estimate of drug-likeness (QED) is 0.750. The van der Waals surface area contributed by atoms with Gasteiger partial charge in [-0.1, -0.05) is 17.7 Å². The summed E-state index contributed by atoms with van der Waals surface area (Å²) in [4.78, 5) is 24.0. The van der Waals surface area contributed by atoms with Crippen molar-refractivity contribution in [1.29, 1.82) is 0 Å². The van der Waals surface area contributed by atoms with Gasteiger partial charge in [-0.15, -0.1) is 0 Å². The molecule has 1 aliphatic heterocycles. The van der Waals surface area contributed by atoms with Crippen molar-refractivity contribution in [3.8, 4) is 11.1 Å². The van der Waals surface area contributed by atoms with E-state index in [-0.39, 0.29) is 5.91 Å². The van der Waals surface area contributed by atoms with Crippen LogP contribution in [0, 0.1) is 13.8 Å². The summed E-state index contributed by atoms with van der Waals surface area (Å²) in [5, 5.41) is 3.01. The zero-order valence-electron chi connectivity index (χ0n) is 16.6. The molecule has 4 rings (SSSR count). The van der Waals surface area contributed by atoms with E-state index in [0.717, 1.165) is 41.4 Å². The minimum atomic E-state index is -0.129. The monoisotopic (exact) mass is 375 g/mol. The fourth-order valence-corrected chi connectivity index (χ4v) is 3.64. The largest absolute Gasteiger partial charge is 0.346 e. The highest BCUT2D eigenvalue weighted by Gasteiger charge is 2.17. The lowest BCUT2D eigenvalue weighted by molar-refractivity contribution is 0.101. The molecule has 1 aromatic carbocycles. The van der Waals surface area contributed by atoms with Gasteiger partial charge in [0, 0.05) is 55.5 Å². The van der Waals surface area contributed by atoms with E-state index in [0.29, 0.717) is 5.69 Å². The predicted molar refractivity (Wildman–Crippen MR) is 112 cm³/mol. The molecule has 2 aromatic heterocycles. The van der Waals surface area contributed by atoms with Gasteiger partial charge in [0.05, 0.1) is 0 Å². The predicted octanol–water partition coefficient (Wildman–Crippen LogP) is 3.95. The van der Waals surface area contributed by atoms with Gasteiger partial charge in [-0.2, -0.15) is 0 Å². The third-order valence-corrected chi connectivity index (χ3v) is 5.23. The number of benzene rings is 1. The van der Waals surface area contributed by atoms with Crippen LogP contribution in [-0.2, 0) is 7.05 Å². The Morgan fingerprint density at radius 2 is 1.75 bits per heavy atom. The molecule has 3 aromatic rings. The van der Waals surface area contributed by atoms with Crippen LogP contribution < -0.4 is 10.2 Å². The molecular weight excluding hydrogens is 350 g/mol. The molecule has 3 heterocycles. The van der Waals surface area contributed by atoms with Crippen molar-refractivity contribution in [1.82, 2.24) is 14.5 Å². The first kappa shape index (κ1) is 18.2. The molecule has 6 heteroatoms. The third-order valence-electron chi connectivity index (χ3n) is 5.23. The highest BCUT2D eigenvalue weighted by molar-refractivity contribution is 6.04. The van der Waals surface area contributed by atoms with Crippen LogP contribution >= 0.6 is 0 Å². The number of aryl methyl sites for hydroxylation is 3. The average Bonchev–Trinajstić information content (AvgIpc) is 3.34. The maximum atomic E-state index is 12.8. The zero-order chi connectivity index (χ0) is 19.7. The third kappa shape index (κ3) is 3.63. The Hall–Kier alpha value is -3.15. The van der Waals surface area contributed by atoms with Gasteiger partial charge < -0.3 is 14.8 Å². The Balaban J connectivity index is 1.53. The van der Waals surface area contributed by atoms with Crippen molar-refractivity contribution < 1.29 is 4.79 Å². The Kier molecular flexibility index (Phi) is 4.86. The van der Waals surface area contributed by atoms with Gasteiger partial charge in [-0.25, -0.2) is 9.97 Å². The van der Waals surface area contributed by atoms with E-state index in [4.69, 9.17) is 0 Å². The van der Waals surface area contributed by atoms with Crippen molar-refractivity contribution >= 4 is 17.5 Å². The number of carbonyl (C=O) groups excluding carboxylic acids is 1. The van der Waals surface area contributed by atoms with Crippen molar-refractivity contribution in [2.45, 2.75) is 26.7 Å². The first-order valence-corrected chi connectivity index (χ1v) is 9.63. The van der Waals surface area contributed by atoms with Gasteiger partial charge in [-0.05, 0) is 44.4 Å². The number of hydrogen-bond donors (Lipinski definition) is 1. The number of aromatic nitrogens is 3. The minimum Gasteiger partial charge on any atom is -0.346 e. The molecule has 0 radical (unpaired) electrons. The Bertz CT molecular complexity index is 1000. The van der Waals surface area contributed by atoms with Crippen LogP contribution in [-0.4, -0.2) is 33.5 Å². The van der Waals surface area contributed by atoms with E-state index in [1.807, 2.05) is 62.3 Å². The maximum absolute atomic E-state index is 12.8. The van der Waals surface area contributed by atoms with Crippen molar-refractivity contribution in [2.75, 3.05) is 23.3 Å². The second kappa shape index (κ2) is 7.46. The van der Waals surface area contributed by atoms with Gasteiger partial charge in [0.15, 0.2) is 0 Å². The second-order valence-electron chi connectivity index (χ2n) is 7.46. The van der Waals surface area contributed by atoms with E-state index < -0.39 is 0 Å². The van der Waals surface area contributed by atoms with Crippen LogP contribution in [0.1, 0.15) is 34.5 Å². The lowest BCUT2D eigenvalue weighted by Gasteiger charge is -2.14. The van der Waals surface area contributed by atoms with Crippen LogP contribution in [0.4, 0.5) is 11.6 Å². The molecule has 0 aliphatic carbocycles. The van der Waals surface area contributed by atoms with Crippen molar-refractivity contribution in [3.63, 3.8) is 0 Å². The topological polar surface area (TPSA) is 63.1 Å². The number of nitrogens with zero attached hydrogens (tertiary/aromatic N) is 4. The van der Waals surface area contributed by atoms with Crippen molar-refractivity contribution in [3.05, 3.63) is 59.7 Å². The van der Waals surface area contributed by atoms with Gasteiger partial charge in [0.25, 0.3) is 5.91 Å². The van der Waals surface area contributed by atoms with Gasteiger partial charge >= 0.3 is 0 Å². The molecule has 6 nitrogen and oxygen atoms in total. The first-order valence-electron chi connectivity index (χ1n) is 9.63. The molecule has 144 valence electrons. The Morgan fingerprint density at radius 1 is 1.04 bits per heavy atom. The van der Waals surface area contributed by atoms with Gasteiger partial charge in [-0.3, -0.25) is 4.79 Å². The average molecular weight is 375 g/mol. The normalized spacial score (nSPS) is 13.8. The molecular formula is C22H25N5O. The number of anilines is 2. The van der Waals surface area contributed by atoms with E-state index in [1.165, 1.54) is 18.4 Å². The smallest absolute Gasteiger partial charge is 0.272 e. The van der Waals surface area contributed by atoms with Gasteiger partial charge in [0.2, 0.25) is 5.95 Å². The summed E-state index contributed by atoms with van der Waals surface area (Å²) in [5.41, 5.74) is 5.49. The molecule has 0 saturated carbocycles. The molecule has 1 saturated heterocycles. The van der Waals surface area contributed by atoms with E-state index in [1.54, 1.807) is 0 Å². The summed E-state index contributed by atoms with van der Waals surface area (Å²) >= 11 is 0. The summed E-state index contributed by atoms with van der Waals surface area (Å²) in [6.45, 7) is 6.08. The lowest BCUT2D eigenvalue weighted by Crippen LogP contribution is -2.20. The molecule has 0 bridgehead atoms. The molecule has 1 aliphatic rings. The second-order valence-corrected chi connectivity index (χ2v) is 7.46. The summed E-state index contributed by atoms with van der Waals surface area (Å²) in [6, 6.07) is 7.88. The fourth-order valence-electron chi connectivity index (χ4n) is 3.64. The molecule has 1 amide bonds. The number of amides is 1. The summed E-state index contributed by atoms with van der Waals surface area (Å²) < 4.78 is 1.84. The van der Waals surface area contributed by atoms with Crippen LogP contribution in [0.3, 0.4) is 0 Å². The standard InChI is InChI=1S/C22H25N5O/c1-15-6-7-19(16(2)10-15)25-21(28)20-11-17(14-26(20)3)18-12-23-22(24-13-18)27-8-4-5-9-27/h6-7,10-14H,4-5,8-9H2,1-3H3,(H,25,28). The lowest BCUT2D eigenvalue weighted by atomic mass is 10.1. The number of rotatable bonds is 4. The minimum absolute atomic E-state index is 0.129. The van der Waals surface area contributed by atoms with Crippen LogP contribution in [0.25, 0.3) is 11.1 Å².